The first-order valence-electron chi connectivity index (χ1n) is 7.03. The number of alkyl halides is 2. The van der Waals surface area contributed by atoms with Crippen molar-refractivity contribution in [2.75, 3.05) is 6.61 Å². The maximum atomic E-state index is 12.4. The number of rotatable bonds is 7. The summed E-state index contributed by atoms with van der Waals surface area (Å²) in [5.41, 5.74) is 1.35. The number of ether oxygens (including phenoxy) is 1. The van der Waals surface area contributed by atoms with Gasteiger partial charge in [-0.05, 0) is 25.8 Å². The molecule has 124 valence electrons. The molecule has 0 fully saturated rings. The number of benzene rings is 1. The second-order valence-corrected chi connectivity index (χ2v) is 5.27. The smallest absolute Gasteiger partial charge is 0.387 e. The Hall–Kier alpha value is -1.89. The Morgan fingerprint density at radius 3 is 2.64 bits per heavy atom. The molecule has 0 aliphatic rings. The van der Waals surface area contributed by atoms with E-state index >= 15 is 0 Å². The van der Waals surface area contributed by atoms with Crippen LogP contribution < -0.4 is 15.4 Å². The number of carbonyl (C=O) groups excluding carboxylic acids is 1. The number of aliphatic hydroxyl groups excluding tert-OH is 1. The van der Waals surface area contributed by atoms with Gasteiger partial charge in [-0.1, -0.05) is 24.6 Å². The Kier molecular flexibility index (Phi) is 7.04. The van der Waals surface area contributed by atoms with E-state index in [-0.39, 0.29) is 30.9 Å². The minimum Gasteiger partial charge on any atom is -0.434 e. The van der Waals surface area contributed by atoms with Crippen molar-refractivity contribution < 1.29 is 23.4 Å². The molecule has 0 aliphatic carbocycles. The van der Waals surface area contributed by atoms with E-state index in [1.54, 1.807) is 26.0 Å². The third-order valence-electron chi connectivity index (χ3n) is 3.37. The number of carbonyl (C=O) groups is 1. The predicted octanol–water partition coefficient (Wildman–Crippen LogP) is 2.41. The first kappa shape index (κ1) is 18.2. The van der Waals surface area contributed by atoms with Gasteiger partial charge in [-0.15, -0.1) is 0 Å². The molecule has 2 amide bonds. The molecular weight excluding hydrogens is 294 g/mol. The highest BCUT2D eigenvalue weighted by Gasteiger charge is 2.15. The van der Waals surface area contributed by atoms with E-state index in [9.17, 15) is 13.6 Å². The molecule has 0 bridgehead atoms. The first-order chi connectivity index (χ1) is 10.3. The van der Waals surface area contributed by atoms with E-state index in [4.69, 9.17) is 5.11 Å². The maximum Gasteiger partial charge on any atom is 0.387 e. The van der Waals surface area contributed by atoms with Crippen LogP contribution in [0.15, 0.2) is 18.2 Å². The van der Waals surface area contributed by atoms with Crippen LogP contribution in [-0.2, 0) is 6.54 Å². The summed E-state index contributed by atoms with van der Waals surface area (Å²) in [6.45, 7) is 2.52. The maximum absolute atomic E-state index is 12.4. The zero-order valence-corrected chi connectivity index (χ0v) is 12.9. The number of aryl methyl sites for hydroxylation is 1. The molecule has 0 saturated heterocycles. The molecule has 5 nitrogen and oxygen atoms in total. The van der Waals surface area contributed by atoms with Gasteiger partial charge < -0.3 is 20.5 Å². The Morgan fingerprint density at radius 1 is 1.36 bits per heavy atom. The lowest BCUT2D eigenvalue weighted by atomic mass is 10.1. The Balaban J connectivity index is 2.63. The zero-order valence-electron chi connectivity index (χ0n) is 12.9. The number of nitrogens with one attached hydrogen (secondary N) is 2. The van der Waals surface area contributed by atoms with Gasteiger partial charge in [-0.3, -0.25) is 0 Å². The van der Waals surface area contributed by atoms with Gasteiger partial charge >= 0.3 is 12.6 Å². The highest BCUT2D eigenvalue weighted by Crippen LogP contribution is 2.21. The molecule has 0 aliphatic heterocycles. The number of aliphatic hydroxyl groups is 1. The van der Waals surface area contributed by atoms with Gasteiger partial charge in [-0.25, -0.2) is 4.79 Å². The van der Waals surface area contributed by atoms with Crippen molar-refractivity contribution in [3.63, 3.8) is 0 Å². The molecule has 1 aromatic rings. The number of amides is 2. The van der Waals surface area contributed by atoms with Crippen LogP contribution in [-0.4, -0.2) is 30.4 Å². The molecule has 1 rings (SSSR count). The average Bonchev–Trinajstić information content (AvgIpc) is 2.46. The van der Waals surface area contributed by atoms with Gasteiger partial charge in [0.1, 0.15) is 5.75 Å². The molecule has 2 atom stereocenters. The molecule has 0 heterocycles. The number of hydrogen-bond acceptors (Lipinski definition) is 3. The van der Waals surface area contributed by atoms with Gasteiger partial charge in [0.2, 0.25) is 0 Å². The molecule has 22 heavy (non-hydrogen) atoms. The number of halogens is 2. The highest BCUT2D eigenvalue weighted by molar-refractivity contribution is 5.74. The van der Waals surface area contributed by atoms with Crippen molar-refractivity contribution in [2.24, 2.45) is 5.92 Å². The van der Waals surface area contributed by atoms with Crippen molar-refractivity contribution in [1.29, 1.82) is 0 Å². The van der Waals surface area contributed by atoms with E-state index in [0.29, 0.717) is 5.56 Å². The summed E-state index contributed by atoms with van der Waals surface area (Å²) < 4.78 is 29.1. The van der Waals surface area contributed by atoms with Crippen LogP contribution in [0.25, 0.3) is 0 Å². The van der Waals surface area contributed by atoms with Gasteiger partial charge in [0.25, 0.3) is 0 Å². The Bertz CT molecular complexity index is 498. The largest absolute Gasteiger partial charge is 0.434 e. The van der Waals surface area contributed by atoms with Crippen LogP contribution in [0.2, 0.25) is 0 Å². The van der Waals surface area contributed by atoms with E-state index in [1.165, 1.54) is 6.07 Å². The van der Waals surface area contributed by atoms with Gasteiger partial charge in [-0.2, -0.15) is 8.78 Å². The molecular formula is C15H22F2N2O3. The molecule has 0 aromatic heterocycles. The molecule has 1 aromatic carbocycles. The number of hydrogen-bond donors (Lipinski definition) is 3. The minimum absolute atomic E-state index is 0.0360. The van der Waals surface area contributed by atoms with E-state index in [1.807, 2.05) is 6.92 Å². The van der Waals surface area contributed by atoms with Crippen LogP contribution >= 0.6 is 0 Å². The average molecular weight is 316 g/mol. The van der Waals surface area contributed by atoms with Crippen LogP contribution in [0.4, 0.5) is 13.6 Å². The fourth-order valence-electron chi connectivity index (χ4n) is 1.79. The second-order valence-electron chi connectivity index (χ2n) is 5.27. The lowest BCUT2D eigenvalue weighted by Gasteiger charge is -2.20. The Morgan fingerprint density at radius 2 is 2.05 bits per heavy atom. The topological polar surface area (TPSA) is 70.6 Å². The monoisotopic (exact) mass is 316 g/mol. The van der Waals surface area contributed by atoms with Crippen molar-refractivity contribution in [3.8, 4) is 5.75 Å². The lowest BCUT2D eigenvalue weighted by Crippen LogP contribution is -2.44. The summed E-state index contributed by atoms with van der Waals surface area (Å²) >= 11 is 0. The summed E-state index contributed by atoms with van der Waals surface area (Å²) in [6, 6.07) is 4.15. The summed E-state index contributed by atoms with van der Waals surface area (Å²) in [4.78, 5) is 11.8. The van der Waals surface area contributed by atoms with Gasteiger partial charge in [0, 0.05) is 24.8 Å². The fourth-order valence-corrected chi connectivity index (χ4v) is 1.79. The normalized spacial score (nSPS) is 13.6. The van der Waals surface area contributed by atoms with Crippen LogP contribution in [0.1, 0.15) is 25.0 Å². The summed E-state index contributed by atoms with van der Waals surface area (Å²) in [7, 11) is 0. The third kappa shape index (κ3) is 5.85. The fraction of sp³-hybridized carbons (Fsp3) is 0.533. The molecule has 7 heteroatoms. The van der Waals surface area contributed by atoms with E-state index < -0.39 is 12.6 Å². The summed E-state index contributed by atoms with van der Waals surface area (Å²) in [5, 5.41) is 14.3. The van der Waals surface area contributed by atoms with E-state index in [0.717, 1.165) is 5.56 Å². The predicted molar refractivity (Wildman–Crippen MR) is 78.9 cm³/mol. The van der Waals surface area contributed by atoms with Gasteiger partial charge in [0.15, 0.2) is 0 Å². The zero-order chi connectivity index (χ0) is 16.7. The second kappa shape index (κ2) is 8.53. The van der Waals surface area contributed by atoms with Crippen LogP contribution in [0.3, 0.4) is 0 Å². The van der Waals surface area contributed by atoms with Crippen LogP contribution in [0, 0.1) is 12.8 Å². The van der Waals surface area contributed by atoms with Crippen molar-refractivity contribution >= 4 is 6.03 Å². The molecule has 0 radical (unpaired) electrons. The molecule has 3 N–H and O–H groups in total. The quantitative estimate of drug-likeness (QED) is 0.723. The van der Waals surface area contributed by atoms with Crippen molar-refractivity contribution in [3.05, 3.63) is 29.3 Å². The van der Waals surface area contributed by atoms with Crippen molar-refractivity contribution in [2.45, 2.75) is 40.0 Å². The molecule has 0 spiro atoms. The molecule has 0 saturated carbocycles. The first-order valence-corrected chi connectivity index (χ1v) is 7.03. The van der Waals surface area contributed by atoms with Gasteiger partial charge in [0.05, 0.1) is 0 Å². The highest BCUT2D eigenvalue weighted by atomic mass is 19.3. The Labute approximate surface area is 128 Å². The molecule has 2 unspecified atom stereocenters. The summed E-state index contributed by atoms with van der Waals surface area (Å²) in [5.74, 6) is -0.0416. The lowest BCUT2D eigenvalue weighted by molar-refractivity contribution is -0.0504. The number of urea groups is 1. The minimum atomic E-state index is -2.92. The van der Waals surface area contributed by atoms with Crippen LogP contribution in [0.5, 0.6) is 5.75 Å². The van der Waals surface area contributed by atoms with E-state index in [2.05, 4.69) is 15.4 Å². The third-order valence-corrected chi connectivity index (χ3v) is 3.37. The standard InChI is InChI=1S/C15H22F2N2O3/c1-9-4-5-13(22-14(16)17)12(6-9)7-18-15(21)19-11(3)10(2)8-20/h4-6,10-11,14,20H,7-8H2,1-3H3,(H2,18,19,21). The summed E-state index contributed by atoms with van der Waals surface area (Å²) in [6.07, 6.45) is 0. The van der Waals surface area contributed by atoms with Crippen molar-refractivity contribution in [1.82, 2.24) is 10.6 Å². The SMILES string of the molecule is Cc1ccc(OC(F)F)c(CNC(=O)NC(C)C(C)CO)c1.